The summed E-state index contributed by atoms with van der Waals surface area (Å²) < 4.78 is 48.8. The van der Waals surface area contributed by atoms with Crippen molar-refractivity contribution in [3.63, 3.8) is 0 Å². The molecule has 3 aromatic carbocycles. The van der Waals surface area contributed by atoms with Gasteiger partial charge < -0.3 is 9.80 Å². The average molecular weight is 590 g/mol. The van der Waals surface area contributed by atoms with Crippen LogP contribution in [-0.2, 0) is 24.8 Å². The van der Waals surface area contributed by atoms with Crippen LogP contribution in [0.3, 0.4) is 0 Å². The van der Waals surface area contributed by atoms with E-state index in [1.807, 2.05) is 31.2 Å². The Morgan fingerprint density at radius 2 is 1.38 bits per heavy atom. The van der Waals surface area contributed by atoms with Crippen LogP contribution in [0, 0.1) is 0 Å². The number of para-hydroxylation sites is 1. The van der Waals surface area contributed by atoms with E-state index in [0.29, 0.717) is 26.5 Å². The second-order valence-electron chi connectivity index (χ2n) is 9.47. The van der Waals surface area contributed by atoms with Gasteiger partial charge in [-0.25, -0.2) is 16.8 Å². The van der Waals surface area contributed by atoms with Crippen molar-refractivity contribution in [1.29, 1.82) is 0 Å². The molecule has 0 fully saturated rings. The van der Waals surface area contributed by atoms with E-state index in [2.05, 4.69) is 0 Å². The molecule has 1 heterocycles. The molecule has 12 heteroatoms. The van der Waals surface area contributed by atoms with Crippen molar-refractivity contribution in [2.75, 3.05) is 26.0 Å². The van der Waals surface area contributed by atoms with E-state index in [9.17, 15) is 26.4 Å². The summed E-state index contributed by atoms with van der Waals surface area (Å²) in [5, 5.41) is 0.554. The fourth-order valence-corrected chi connectivity index (χ4v) is 8.12. The van der Waals surface area contributed by atoms with Gasteiger partial charge >= 0.3 is 0 Å². The fraction of sp³-hybridized carbons (Fsp3) is 0.259. The van der Waals surface area contributed by atoms with Crippen molar-refractivity contribution in [3.05, 3.63) is 88.9 Å². The number of fused-ring (bicyclic) bond motifs is 1. The van der Waals surface area contributed by atoms with Crippen LogP contribution in [0.25, 0.3) is 0 Å². The van der Waals surface area contributed by atoms with Gasteiger partial charge in [-0.1, -0.05) is 29.8 Å². The number of benzene rings is 3. The van der Waals surface area contributed by atoms with Gasteiger partial charge in [-0.05, 0) is 73.5 Å². The van der Waals surface area contributed by atoms with Gasteiger partial charge in [0.2, 0.25) is 26.0 Å². The molecule has 1 aliphatic heterocycles. The van der Waals surface area contributed by atoms with E-state index < -0.39 is 20.0 Å². The molecule has 2 atom stereocenters. The largest absolute Gasteiger partial charge is 0.305 e. The third kappa shape index (κ3) is 5.80. The summed E-state index contributed by atoms with van der Waals surface area (Å²) in [6.45, 7) is 3.39. The smallest absolute Gasteiger partial charge is 0.258 e. The van der Waals surface area contributed by atoms with Crippen LogP contribution in [-0.4, -0.2) is 47.2 Å². The number of hydrogen-bond acceptors (Lipinski definition) is 6. The molecule has 0 saturated heterocycles. The topological polar surface area (TPSA) is 112 Å². The van der Waals surface area contributed by atoms with Crippen molar-refractivity contribution in [2.45, 2.75) is 32.4 Å². The number of carbonyl (C=O) groups excluding carboxylic acids is 2. The first kappa shape index (κ1) is 28.6. The molecule has 2 unspecified atom stereocenters. The highest BCUT2D eigenvalue weighted by Gasteiger charge is 2.38. The predicted octanol–water partition coefficient (Wildman–Crippen LogP) is 4.60. The Morgan fingerprint density at radius 3 is 1.92 bits per heavy atom. The highest BCUT2D eigenvalue weighted by Crippen LogP contribution is 2.43. The molecule has 0 aromatic heterocycles. The number of sulfonamides is 2. The Labute approximate surface area is 233 Å². The van der Waals surface area contributed by atoms with Crippen LogP contribution in [0.4, 0.5) is 17.1 Å². The monoisotopic (exact) mass is 589 g/mol. The standard InChI is InChI=1S/C27H28ClN3O6S2/c1-18-17-26(30(19(2)32)22-15-11-21(28)12-16-22)24-7-5-6-8-25(24)29(18)27(33)20-9-13-23(14-10-20)31(38(3,34)35)39(4,36)37/h5-16,18,26H,17H2,1-4H3. The average Bonchev–Trinajstić information content (AvgIpc) is 2.83. The van der Waals surface area contributed by atoms with Crippen LogP contribution >= 0.6 is 11.6 Å². The summed E-state index contributed by atoms with van der Waals surface area (Å²) in [6.07, 6.45) is 2.05. The Bertz CT molecular complexity index is 1590. The maximum Gasteiger partial charge on any atom is 0.258 e. The molecule has 0 bridgehead atoms. The van der Waals surface area contributed by atoms with Gasteiger partial charge in [0.25, 0.3) is 5.91 Å². The number of nitrogens with zero attached hydrogens (tertiary/aromatic N) is 3. The maximum atomic E-state index is 13.7. The highest BCUT2D eigenvalue weighted by atomic mass is 35.5. The lowest BCUT2D eigenvalue weighted by Crippen LogP contribution is -2.47. The normalized spacial score (nSPS) is 17.3. The lowest BCUT2D eigenvalue weighted by Gasteiger charge is -2.43. The van der Waals surface area contributed by atoms with Crippen LogP contribution in [0.15, 0.2) is 72.8 Å². The van der Waals surface area contributed by atoms with E-state index in [4.69, 9.17) is 11.6 Å². The van der Waals surface area contributed by atoms with Crippen LogP contribution in [0.5, 0.6) is 0 Å². The third-order valence-corrected chi connectivity index (χ3v) is 9.97. The highest BCUT2D eigenvalue weighted by molar-refractivity contribution is 8.09. The predicted molar refractivity (Wildman–Crippen MR) is 153 cm³/mol. The van der Waals surface area contributed by atoms with Crippen molar-refractivity contribution in [3.8, 4) is 0 Å². The zero-order valence-electron chi connectivity index (χ0n) is 21.8. The molecule has 206 valence electrons. The van der Waals surface area contributed by atoms with Crippen molar-refractivity contribution < 1.29 is 26.4 Å². The van der Waals surface area contributed by atoms with Crippen molar-refractivity contribution in [1.82, 2.24) is 0 Å². The summed E-state index contributed by atoms with van der Waals surface area (Å²) in [4.78, 5) is 29.9. The Morgan fingerprint density at radius 1 is 0.846 bits per heavy atom. The minimum absolute atomic E-state index is 0.0937. The number of amides is 2. The SMILES string of the molecule is CC(=O)N(c1ccc(Cl)cc1)C1CC(C)N(C(=O)c2ccc(N(S(C)(=O)=O)S(C)(=O)=O)cc2)c2ccccc21. The Kier molecular flexibility index (Phi) is 7.79. The molecule has 0 aliphatic carbocycles. The molecule has 3 aromatic rings. The zero-order chi connectivity index (χ0) is 28.7. The van der Waals surface area contributed by atoms with E-state index in [1.165, 1.54) is 31.2 Å². The molecule has 0 N–H and O–H groups in total. The fourth-order valence-electron chi connectivity index (χ4n) is 5.01. The molecule has 9 nitrogen and oxygen atoms in total. The molecule has 0 spiro atoms. The summed E-state index contributed by atoms with van der Waals surface area (Å²) in [5.74, 6) is -0.493. The molecule has 4 rings (SSSR count). The van der Waals surface area contributed by atoms with E-state index in [1.54, 1.807) is 34.1 Å². The van der Waals surface area contributed by atoms with Crippen molar-refractivity contribution >= 4 is 60.5 Å². The first-order valence-corrected chi connectivity index (χ1v) is 16.1. The van der Waals surface area contributed by atoms with Gasteiger partial charge in [0, 0.05) is 34.9 Å². The number of rotatable bonds is 6. The minimum Gasteiger partial charge on any atom is -0.305 e. The summed E-state index contributed by atoms with van der Waals surface area (Å²) in [5.41, 5.74) is 2.29. The molecular formula is C27H28ClN3O6S2. The summed E-state index contributed by atoms with van der Waals surface area (Å²) >= 11 is 6.06. The lowest BCUT2D eigenvalue weighted by molar-refractivity contribution is -0.117. The second-order valence-corrected chi connectivity index (χ2v) is 13.8. The van der Waals surface area contributed by atoms with Gasteiger partial charge in [-0.2, -0.15) is 3.71 Å². The first-order chi connectivity index (χ1) is 18.2. The van der Waals surface area contributed by atoms with Crippen LogP contribution in [0.2, 0.25) is 5.02 Å². The molecule has 1 aliphatic rings. The van der Waals surface area contributed by atoms with Gasteiger partial charge in [-0.15, -0.1) is 0 Å². The lowest BCUT2D eigenvalue weighted by atomic mass is 9.89. The number of hydrogen-bond donors (Lipinski definition) is 0. The Hall–Kier alpha value is -3.41. The number of halogens is 1. The van der Waals surface area contributed by atoms with Gasteiger partial charge in [-0.3, -0.25) is 9.59 Å². The van der Waals surface area contributed by atoms with Gasteiger partial charge in [0.05, 0.1) is 24.2 Å². The Balaban J connectivity index is 1.72. The van der Waals surface area contributed by atoms with Gasteiger partial charge in [0.15, 0.2) is 0 Å². The maximum absolute atomic E-state index is 13.7. The third-order valence-electron chi connectivity index (χ3n) is 6.46. The quantitative estimate of drug-likeness (QED) is 0.415. The number of anilines is 3. The van der Waals surface area contributed by atoms with E-state index in [0.717, 1.165) is 18.1 Å². The van der Waals surface area contributed by atoms with Crippen molar-refractivity contribution in [2.24, 2.45) is 0 Å². The molecule has 2 amide bonds. The minimum atomic E-state index is -4.11. The van der Waals surface area contributed by atoms with Crippen LogP contribution < -0.4 is 13.5 Å². The summed E-state index contributed by atoms with van der Waals surface area (Å²) in [6, 6.07) is 19.1. The van der Waals surface area contributed by atoms with E-state index >= 15 is 0 Å². The van der Waals surface area contributed by atoms with Crippen LogP contribution in [0.1, 0.15) is 42.2 Å². The second kappa shape index (κ2) is 10.6. The van der Waals surface area contributed by atoms with Gasteiger partial charge in [0.1, 0.15) is 0 Å². The first-order valence-electron chi connectivity index (χ1n) is 12.0. The van der Waals surface area contributed by atoms with E-state index in [-0.39, 0.29) is 35.1 Å². The summed E-state index contributed by atoms with van der Waals surface area (Å²) in [7, 11) is -8.23. The molecule has 0 radical (unpaired) electrons. The molecular weight excluding hydrogens is 562 g/mol. The molecule has 39 heavy (non-hydrogen) atoms. The number of carbonyl (C=O) groups is 2. The zero-order valence-corrected chi connectivity index (χ0v) is 24.2. The molecule has 0 saturated carbocycles.